The lowest BCUT2D eigenvalue weighted by molar-refractivity contribution is 1.02. The normalized spacial score (nSPS) is 10.5. The quantitative estimate of drug-likeness (QED) is 0.844. The van der Waals surface area contributed by atoms with Gasteiger partial charge in [-0.3, -0.25) is 4.79 Å². The van der Waals surface area contributed by atoms with E-state index < -0.39 is 0 Å². The van der Waals surface area contributed by atoms with E-state index in [4.69, 9.17) is 5.73 Å². The molecule has 0 unspecified atom stereocenters. The third kappa shape index (κ3) is 2.45. The number of benzene rings is 1. The SMILES string of the molecule is CCc1ccc(-c2ccc(CN)c(=O)[nH]2)cc1. The van der Waals surface area contributed by atoms with E-state index in [9.17, 15) is 4.79 Å². The highest BCUT2D eigenvalue weighted by atomic mass is 16.1. The molecule has 0 aliphatic carbocycles. The fraction of sp³-hybridized carbons (Fsp3) is 0.214. The van der Waals surface area contributed by atoms with Crippen molar-refractivity contribution in [1.82, 2.24) is 4.98 Å². The van der Waals surface area contributed by atoms with E-state index in [1.54, 1.807) is 6.07 Å². The average molecular weight is 228 g/mol. The number of pyridine rings is 1. The summed E-state index contributed by atoms with van der Waals surface area (Å²) in [5.41, 5.74) is 9.09. The number of hydrogen-bond donors (Lipinski definition) is 2. The van der Waals surface area contributed by atoms with Crippen LogP contribution in [0.25, 0.3) is 11.3 Å². The second-order valence-electron chi connectivity index (χ2n) is 3.98. The van der Waals surface area contributed by atoms with Gasteiger partial charge in [-0.25, -0.2) is 0 Å². The zero-order valence-corrected chi connectivity index (χ0v) is 9.86. The van der Waals surface area contributed by atoms with Crippen molar-refractivity contribution >= 4 is 0 Å². The minimum Gasteiger partial charge on any atom is -0.326 e. The minimum atomic E-state index is -0.107. The zero-order chi connectivity index (χ0) is 12.3. The molecule has 2 aromatic rings. The molecule has 0 fully saturated rings. The predicted molar refractivity (Wildman–Crippen MR) is 69.8 cm³/mol. The summed E-state index contributed by atoms with van der Waals surface area (Å²) in [6.45, 7) is 2.39. The first-order valence-electron chi connectivity index (χ1n) is 5.76. The highest BCUT2D eigenvalue weighted by molar-refractivity contribution is 5.59. The van der Waals surface area contributed by atoms with Crippen LogP contribution in [-0.2, 0) is 13.0 Å². The van der Waals surface area contributed by atoms with Gasteiger partial charge in [-0.05, 0) is 23.6 Å². The van der Waals surface area contributed by atoms with Crippen molar-refractivity contribution in [2.24, 2.45) is 5.73 Å². The van der Waals surface area contributed by atoms with Gasteiger partial charge in [0.2, 0.25) is 0 Å². The van der Waals surface area contributed by atoms with Crippen molar-refractivity contribution in [3.05, 3.63) is 57.9 Å². The highest BCUT2D eigenvalue weighted by Crippen LogP contribution is 2.16. The lowest BCUT2D eigenvalue weighted by Gasteiger charge is -2.04. The molecule has 0 aliphatic rings. The molecule has 2 rings (SSSR count). The van der Waals surface area contributed by atoms with Crippen LogP contribution in [0.5, 0.6) is 0 Å². The molecule has 0 radical (unpaired) electrons. The van der Waals surface area contributed by atoms with Crippen LogP contribution in [0.15, 0.2) is 41.2 Å². The molecule has 1 heterocycles. The smallest absolute Gasteiger partial charge is 0.252 e. The van der Waals surface area contributed by atoms with Gasteiger partial charge in [0.05, 0.1) is 0 Å². The third-order valence-corrected chi connectivity index (χ3v) is 2.88. The fourth-order valence-electron chi connectivity index (χ4n) is 1.75. The molecule has 3 heteroatoms. The van der Waals surface area contributed by atoms with Gasteiger partial charge < -0.3 is 10.7 Å². The Hall–Kier alpha value is -1.87. The Balaban J connectivity index is 2.39. The van der Waals surface area contributed by atoms with Crippen molar-refractivity contribution in [1.29, 1.82) is 0 Å². The van der Waals surface area contributed by atoms with Gasteiger partial charge in [-0.15, -0.1) is 0 Å². The molecule has 17 heavy (non-hydrogen) atoms. The molecule has 88 valence electrons. The Kier molecular flexibility index (Phi) is 3.40. The minimum absolute atomic E-state index is 0.107. The molecule has 0 amide bonds. The van der Waals surface area contributed by atoms with Crippen LogP contribution in [0, 0.1) is 0 Å². The van der Waals surface area contributed by atoms with Crippen LogP contribution >= 0.6 is 0 Å². The topological polar surface area (TPSA) is 58.9 Å². The number of nitrogens with one attached hydrogen (secondary N) is 1. The summed E-state index contributed by atoms with van der Waals surface area (Å²) >= 11 is 0. The standard InChI is InChI=1S/C14H16N2O/c1-2-10-3-5-11(6-4-10)13-8-7-12(9-15)14(17)16-13/h3-8H,2,9,15H2,1H3,(H,16,17). The van der Waals surface area contributed by atoms with Gasteiger partial charge in [0.1, 0.15) is 0 Å². The van der Waals surface area contributed by atoms with Gasteiger partial charge in [-0.1, -0.05) is 37.3 Å². The molecule has 0 aliphatic heterocycles. The van der Waals surface area contributed by atoms with Crippen molar-refractivity contribution in [3.63, 3.8) is 0 Å². The number of hydrogen-bond acceptors (Lipinski definition) is 2. The molecule has 0 saturated carbocycles. The van der Waals surface area contributed by atoms with Gasteiger partial charge in [-0.2, -0.15) is 0 Å². The molecule has 0 saturated heterocycles. The predicted octanol–water partition coefficient (Wildman–Crippen LogP) is 2.06. The average Bonchev–Trinajstić information content (AvgIpc) is 2.39. The Morgan fingerprint density at radius 3 is 2.35 bits per heavy atom. The van der Waals surface area contributed by atoms with Gasteiger partial charge in [0.25, 0.3) is 5.56 Å². The van der Waals surface area contributed by atoms with Crippen LogP contribution in [0.1, 0.15) is 18.1 Å². The number of aromatic nitrogens is 1. The maximum Gasteiger partial charge on any atom is 0.252 e. The van der Waals surface area contributed by atoms with Crippen LogP contribution < -0.4 is 11.3 Å². The van der Waals surface area contributed by atoms with Gasteiger partial charge in [0.15, 0.2) is 0 Å². The number of aromatic amines is 1. The Labute approximate surface area is 100 Å². The second-order valence-corrected chi connectivity index (χ2v) is 3.98. The van der Waals surface area contributed by atoms with Crippen LogP contribution in [0.2, 0.25) is 0 Å². The van der Waals surface area contributed by atoms with E-state index in [1.165, 1.54) is 5.56 Å². The number of rotatable bonds is 3. The summed E-state index contributed by atoms with van der Waals surface area (Å²) in [5.74, 6) is 0. The largest absolute Gasteiger partial charge is 0.326 e. The molecular formula is C14H16N2O. The van der Waals surface area contributed by atoms with Crippen LogP contribution in [-0.4, -0.2) is 4.98 Å². The van der Waals surface area contributed by atoms with E-state index in [0.717, 1.165) is 17.7 Å². The van der Waals surface area contributed by atoms with E-state index >= 15 is 0 Å². The van der Waals surface area contributed by atoms with Crippen molar-refractivity contribution in [2.45, 2.75) is 19.9 Å². The first kappa shape index (κ1) is 11.6. The zero-order valence-electron chi connectivity index (χ0n) is 9.86. The molecule has 3 N–H and O–H groups in total. The van der Waals surface area contributed by atoms with Gasteiger partial charge in [0, 0.05) is 17.8 Å². The summed E-state index contributed by atoms with van der Waals surface area (Å²) < 4.78 is 0. The highest BCUT2D eigenvalue weighted by Gasteiger charge is 2.01. The summed E-state index contributed by atoms with van der Waals surface area (Å²) in [4.78, 5) is 14.5. The Morgan fingerprint density at radius 2 is 1.82 bits per heavy atom. The van der Waals surface area contributed by atoms with Crippen LogP contribution in [0.3, 0.4) is 0 Å². The Morgan fingerprint density at radius 1 is 1.12 bits per heavy atom. The summed E-state index contributed by atoms with van der Waals surface area (Å²) in [5, 5.41) is 0. The molecule has 0 bridgehead atoms. The van der Waals surface area contributed by atoms with Gasteiger partial charge >= 0.3 is 0 Å². The molecule has 0 spiro atoms. The maximum atomic E-state index is 11.6. The lowest BCUT2D eigenvalue weighted by Crippen LogP contribution is -2.15. The lowest BCUT2D eigenvalue weighted by atomic mass is 10.1. The van der Waals surface area contributed by atoms with E-state index in [1.807, 2.05) is 18.2 Å². The molecule has 1 aromatic carbocycles. The first-order valence-corrected chi connectivity index (χ1v) is 5.76. The Bertz CT molecular complexity index is 555. The summed E-state index contributed by atoms with van der Waals surface area (Å²) in [7, 11) is 0. The molecule has 1 aromatic heterocycles. The molecular weight excluding hydrogens is 212 g/mol. The maximum absolute atomic E-state index is 11.6. The molecule has 3 nitrogen and oxygen atoms in total. The number of H-pyrrole nitrogens is 1. The number of aryl methyl sites for hydroxylation is 1. The van der Waals surface area contributed by atoms with Crippen molar-refractivity contribution < 1.29 is 0 Å². The third-order valence-electron chi connectivity index (χ3n) is 2.88. The van der Waals surface area contributed by atoms with Crippen molar-refractivity contribution in [2.75, 3.05) is 0 Å². The fourth-order valence-corrected chi connectivity index (χ4v) is 1.75. The second kappa shape index (κ2) is 4.97. The first-order chi connectivity index (χ1) is 8.24. The van der Waals surface area contributed by atoms with Crippen molar-refractivity contribution in [3.8, 4) is 11.3 Å². The summed E-state index contributed by atoms with van der Waals surface area (Å²) in [6.07, 6.45) is 1.02. The summed E-state index contributed by atoms with van der Waals surface area (Å²) in [6, 6.07) is 11.9. The van der Waals surface area contributed by atoms with E-state index in [2.05, 4.69) is 24.0 Å². The monoisotopic (exact) mass is 228 g/mol. The number of nitrogens with two attached hydrogens (primary N) is 1. The van der Waals surface area contributed by atoms with E-state index in [-0.39, 0.29) is 12.1 Å². The molecule has 0 atom stereocenters. The van der Waals surface area contributed by atoms with Crippen LogP contribution in [0.4, 0.5) is 0 Å². The van der Waals surface area contributed by atoms with E-state index in [0.29, 0.717) is 5.56 Å².